The van der Waals surface area contributed by atoms with Crippen molar-refractivity contribution >= 4 is 22.8 Å². The normalized spacial score (nSPS) is 10.1. The first kappa shape index (κ1) is 16.7. The quantitative estimate of drug-likeness (QED) is 0.425. The van der Waals surface area contributed by atoms with Crippen LogP contribution in [0.15, 0.2) is 78.0 Å². The SMILES string of the molecule is N=C(NC(=O)c1ccccc1)Sc1ccc(Oc2ncccn2)cc1. The Morgan fingerprint density at radius 2 is 1.64 bits per heavy atom. The maximum atomic E-state index is 12.0. The lowest BCUT2D eigenvalue weighted by Gasteiger charge is -2.07. The molecule has 3 rings (SSSR count). The third-order valence-corrected chi connectivity index (χ3v) is 3.87. The van der Waals surface area contributed by atoms with Gasteiger partial charge in [0.05, 0.1) is 0 Å². The molecule has 3 aromatic rings. The molecule has 0 fully saturated rings. The predicted octanol–water partition coefficient (Wildman–Crippen LogP) is 3.73. The summed E-state index contributed by atoms with van der Waals surface area (Å²) in [6.45, 7) is 0. The van der Waals surface area contributed by atoms with Crippen molar-refractivity contribution in [1.82, 2.24) is 15.3 Å². The van der Waals surface area contributed by atoms with Crippen LogP contribution in [0.5, 0.6) is 11.8 Å². The minimum atomic E-state index is -0.306. The number of amides is 1. The zero-order valence-electron chi connectivity index (χ0n) is 13.0. The Morgan fingerprint density at radius 3 is 2.32 bits per heavy atom. The van der Waals surface area contributed by atoms with E-state index >= 15 is 0 Å². The second-order valence-corrected chi connectivity index (χ2v) is 5.94. The van der Waals surface area contributed by atoms with Crippen molar-refractivity contribution in [2.75, 3.05) is 0 Å². The van der Waals surface area contributed by atoms with Crippen molar-refractivity contribution in [2.24, 2.45) is 0 Å². The predicted molar refractivity (Wildman–Crippen MR) is 96.0 cm³/mol. The molecule has 1 aromatic heterocycles. The fourth-order valence-electron chi connectivity index (χ4n) is 1.93. The molecule has 7 heteroatoms. The highest BCUT2D eigenvalue weighted by Gasteiger charge is 2.09. The van der Waals surface area contributed by atoms with E-state index in [0.29, 0.717) is 11.3 Å². The number of benzene rings is 2. The van der Waals surface area contributed by atoms with Crippen molar-refractivity contribution in [3.8, 4) is 11.8 Å². The molecule has 0 saturated carbocycles. The van der Waals surface area contributed by atoms with Gasteiger partial charge in [0.2, 0.25) is 0 Å². The van der Waals surface area contributed by atoms with E-state index in [1.54, 1.807) is 67.0 Å². The Balaban J connectivity index is 1.56. The van der Waals surface area contributed by atoms with Crippen LogP contribution < -0.4 is 10.1 Å². The van der Waals surface area contributed by atoms with E-state index in [1.807, 2.05) is 6.07 Å². The van der Waals surface area contributed by atoms with Crippen molar-refractivity contribution in [1.29, 1.82) is 5.41 Å². The van der Waals surface area contributed by atoms with E-state index in [0.717, 1.165) is 16.7 Å². The summed E-state index contributed by atoms with van der Waals surface area (Å²) >= 11 is 1.15. The van der Waals surface area contributed by atoms with Gasteiger partial charge in [-0.25, -0.2) is 9.97 Å². The lowest BCUT2D eigenvalue weighted by atomic mass is 10.2. The van der Waals surface area contributed by atoms with Gasteiger partial charge in [-0.3, -0.25) is 10.2 Å². The molecule has 2 N–H and O–H groups in total. The van der Waals surface area contributed by atoms with Gasteiger partial charge in [0.1, 0.15) is 5.75 Å². The van der Waals surface area contributed by atoms with Gasteiger partial charge in [-0.05, 0) is 42.5 Å². The molecule has 0 aliphatic carbocycles. The van der Waals surface area contributed by atoms with Crippen molar-refractivity contribution in [2.45, 2.75) is 4.90 Å². The Kier molecular flexibility index (Phi) is 5.38. The molecule has 0 bridgehead atoms. The van der Waals surface area contributed by atoms with Crippen LogP contribution in [0.3, 0.4) is 0 Å². The Bertz CT molecular complexity index is 855. The van der Waals surface area contributed by atoms with Crippen molar-refractivity contribution < 1.29 is 9.53 Å². The topological polar surface area (TPSA) is 88.0 Å². The maximum absolute atomic E-state index is 12.0. The summed E-state index contributed by atoms with van der Waals surface area (Å²) in [5.74, 6) is 0.287. The summed E-state index contributed by atoms with van der Waals surface area (Å²) in [5.41, 5.74) is 0.513. The second-order valence-electron chi connectivity index (χ2n) is 4.86. The van der Waals surface area contributed by atoms with Crippen LogP contribution in [-0.4, -0.2) is 21.0 Å². The molecule has 0 spiro atoms. The van der Waals surface area contributed by atoms with Crippen LogP contribution in [-0.2, 0) is 0 Å². The molecule has 1 amide bonds. The van der Waals surface area contributed by atoms with Gasteiger partial charge in [0, 0.05) is 22.9 Å². The fraction of sp³-hybridized carbons (Fsp3) is 0. The molecule has 25 heavy (non-hydrogen) atoms. The summed E-state index contributed by atoms with van der Waals surface area (Å²) in [6.07, 6.45) is 3.20. The number of carbonyl (C=O) groups excluding carboxylic acids is 1. The molecule has 0 unspecified atom stereocenters. The third kappa shape index (κ3) is 4.89. The summed E-state index contributed by atoms with van der Waals surface area (Å²) < 4.78 is 5.51. The van der Waals surface area contributed by atoms with Crippen LogP contribution in [0.1, 0.15) is 10.4 Å². The number of thioether (sulfide) groups is 1. The molecule has 124 valence electrons. The monoisotopic (exact) mass is 350 g/mol. The van der Waals surface area contributed by atoms with Gasteiger partial charge in [-0.2, -0.15) is 0 Å². The van der Waals surface area contributed by atoms with Crippen LogP contribution in [0.2, 0.25) is 0 Å². The molecule has 0 radical (unpaired) electrons. The van der Waals surface area contributed by atoms with E-state index in [4.69, 9.17) is 10.1 Å². The zero-order chi connectivity index (χ0) is 17.5. The molecule has 2 aromatic carbocycles. The Labute approximate surface area is 148 Å². The summed E-state index contributed by atoms with van der Waals surface area (Å²) in [7, 11) is 0. The summed E-state index contributed by atoms with van der Waals surface area (Å²) in [5, 5.41) is 10.5. The van der Waals surface area contributed by atoms with E-state index in [-0.39, 0.29) is 17.1 Å². The van der Waals surface area contributed by atoms with Gasteiger partial charge >= 0.3 is 6.01 Å². The summed E-state index contributed by atoms with van der Waals surface area (Å²) in [6, 6.07) is 17.9. The first-order chi connectivity index (χ1) is 12.2. The Morgan fingerprint density at radius 1 is 0.960 bits per heavy atom. The van der Waals surface area contributed by atoms with Crippen LogP contribution >= 0.6 is 11.8 Å². The Hall–Kier alpha value is -3.19. The zero-order valence-corrected chi connectivity index (χ0v) is 13.9. The average Bonchev–Trinajstić information content (AvgIpc) is 2.65. The lowest BCUT2D eigenvalue weighted by molar-refractivity contribution is 0.0978. The number of hydrogen-bond acceptors (Lipinski definition) is 6. The van der Waals surface area contributed by atoms with Crippen molar-refractivity contribution in [3.05, 3.63) is 78.6 Å². The molecular weight excluding hydrogens is 336 g/mol. The third-order valence-electron chi connectivity index (χ3n) is 3.06. The molecule has 6 nitrogen and oxygen atoms in total. The number of carbonyl (C=O) groups is 1. The molecule has 1 heterocycles. The first-order valence-corrected chi connectivity index (χ1v) is 8.20. The number of hydrogen-bond donors (Lipinski definition) is 2. The number of rotatable bonds is 4. The number of nitrogens with zero attached hydrogens (tertiary/aromatic N) is 2. The first-order valence-electron chi connectivity index (χ1n) is 7.38. The van der Waals surface area contributed by atoms with Gasteiger partial charge in [0.15, 0.2) is 5.17 Å². The van der Waals surface area contributed by atoms with Gasteiger partial charge in [-0.15, -0.1) is 0 Å². The van der Waals surface area contributed by atoms with Crippen LogP contribution in [0, 0.1) is 5.41 Å². The van der Waals surface area contributed by atoms with E-state index in [1.165, 1.54) is 0 Å². The lowest BCUT2D eigenvalue weighted by Crippen LogP contribution is -2.27. The molecule has 0 saturated heterocycles. The van der Waals surface area contributed by atoms with E-state index in [2.05, 4.69) is 15.3 Å². The maximum Gasteiger partial charge on any atom is 0.321 e. The molecule has 0 atom stereocenters. The van der Waals surface area contributed by atoms with E-state index in [9.17, 15) is 4.79 Å². The minimum Gasteiger partial charge on any atom is -0.424 e. The summed E-state index contributed by atoms with van der Waals surface area (Å²) in [4.78, 5) is 20.8. The molecule has 0 aliphatic heterocycles. The minimum absolute atomic E-state index is 0.0499. The highest BCUT2D eigenvalue weighted by molar-refractivity contribution is 8.13. The van der Waals surface area contributed by atoms with Crippen molar-refractivity contribution in [3.63, 3.8) is 0 Å². The second kappa shape index (κ2) is 8.07. The number of ether oxygens (including phenoxy) is 1. The van der Waals surface area contributed by atoms with Gasteiger partial charge < -0.3 is 10.1 Å². The number of aromatic nitrogens is 2. The van der Waals surface area contributed by atoms with Crippen LogP contribution in [0.4, 0.5) is 0 Å². The molecule has 0 aliphatic rings. The highest BCUT2D eigenvalue weighted by Crippen LogP contribution is 2.23. The fourth-order valence-corrected chi connectivity index (χ4v) is 2.58. The number of amidine groups is 1. The van der Waals surface area contributed by atoms with Crippen LogP contribution in [0.25, 0.3) is 0 Å². The average molecular weight is 350 g/mol. The number of nitrogens with one attached hydrogen (secondary N) is 2. The van der Waals surface area contributed by atoms with Gasteiger partial charge in [0.25, 0.3) is 5.91 Å². The standard InChI is InChI=1S/C18H14N4O2S/c19-17(22-16(23)13-5-2-1-3-6-13)25-15-9-7-14(8-10-15)24-18-20-11-4-12-21-18/h1-12H,(H2,19,22,23). The highest BCUT2D eigenvalue weighted by atomic mass is 32.2. The largest absolute Gasteiger partial charge is 0.424 e. The smallest absolute Gasteiger partial charge is 0.321 e. The van der Waals surface area contributed by atoms with Gasteiger partial charge in [-0.1, -0.05) is 30.0 Å². The molecular formula is C18H14N4O2S. The van der Waals surface area contributed by atoms with E-state index < -0.39 is 0 Å².